The van der Waals surface area contributed by atoms with Gasteiger partial charge < -0.3 is 4.90 Å². The molecule has 0 saturated carbocycles. The Morgan fingerprint density at radius 3 is 2.69 bits per heavy atom. The number of benzene rings is 2. The maximum Gasteiger partial charge on any atom is 0.282 e. The maximum atomic E-state index is 14.7. The summed E-state index contributed by atoms with van der Waals surface area (Å²) >= 11 is 3.38. The highest BCUT2D eigenvalue weighted by Gasteiger charge is 2.13. The highest BCUT2D eigenvalue weighted by molar-refractivity contribution is 9.10. The second-order valence-corrected chi connectivity index (χ2v) is 8.07. The number of rotatable bonds is 4. The molecule has 2 aromatic carbocycles. The van der Waals surface area contributed by atoms with Crippen molar-refractivity contribution in [3.63, 3.8) is 0 Å². The van der Waals surface area contributed by atoms with Gasteiger partial charge in [0.15, 0.2) is 0 Å². The molecule has 1 fully saturated rings. The van der Waals surface area contributed by atoms with Crippen LogP contribution in [0.15, 0.2) is 50.8 Å². The molecule has 1 saturated heterocycles. The van der Waals surface area contributed by atoms with Gasteiger partial charge in [0.25, 0.3) is 5.56 Å². The van der Waals surface area contributed by atoms with Crippen LogP contribution in [0.25, 0.3) is 10.9 Å². The maximum absolute atomic E-state index is 14.7. The number of fused-ring (bicyclic) bond motifs is 1. The van der Waals surface area contributed by atoms with Crippen molar-refractivity contribution in [1.82, 2.24) is 9.66 Å². The molecule has 150 valence electrons. The minimum atomic E-state index is -0.348. The summed E-state index contributed by atoms with van der Waals surface area (Å²) in [6, 6.07) is 10.5. The number of halogens is 2. The SMILES string of the molecule is CCc1nc2ccc(Br)cc2c(=O)n1N=Cc1ccc(N2CCCCC2)cc1F. The van der Waals surface area contributed by atoms with Gasteiger partial charge in [-0.05, 0) is 55.7 Å². The van der Waals surface area contributed by atoms with Crippen LogP contribution in [-0.2, 0) is 6.42 Å². The van der Waals surface area contributed by atoms with Crippen LogP contribution in [0, 0.1) is 5.82 Å². The van der Waals surface area contributed by atoms with Gasteiger partial charge in [-0.1, -0.05) is 22.9 Å². The lowest BCUT2D eigenvalue weighted by molar-refractivity contribution is 0.574. The van der Waals surface area contributed by atoms with Gasteiger partial charge in [0.2, 0.25) is 0 Å². The van der Waals surface area contributed by atoms with Crippen LogP contribution in [-0.4, -0.2) is 29.0 Å². The first-order valence-electron chi connectivity index (χ1n) is 9.87. The van der Waals surface area contributed by atoms with E-state index in [0.717, 1.165) is 36.1 Å². The molecule has 1 aliphatic heterocycles. The molecule has 5 nitrogen and oxygen atoms in total. The molecule has 7 heteroatoms. The third-order valence-electron chi connectivity index (χ3n) is 5.21. The molecule has 0 bridgehead atoms. The molecule has 0 N–H and O–H groups in total. The number of hydrogen-bond donors (Lipinski definition) is 0. The van der Waals surface area contributed by atoms with Gasteiger partial charge in [-0.25, -0.2) is 9.37 Å². The minimum absolute atomic E-state index is 0.269. The third kappa shape index (κ3) is 4.10. The van der Waals surface area contributed by atoms with Crippen molar-refractivity contribution >= 4 is 38.7 Å². The molecule has 1 aliphatic rings. The van der Waals surface area contributed by atoms with Gasteiger partial charge in [0, 0.05) is 35.2 Å². The number of piperidine rings is 1. The smallest absolute Gasteiger partial charge is 0.282 e. The monoisotopic (exact) mass is 456 g/mol. The number of aryl methyl sites for hydroxylation is 1. The molecule has 0 amide bonds. The summed E-state index contributed by atoms with van der Waals surface area (Å²) in [5.41, 5.74) is 1.59. The lowest BCUT2D eigenvalue weighted by Crippen LogP contribution is -2.29. The van der Waals surface area contributed by atoms with Crippen LogP contribution in [0.1, 0.15) is 37.6 Å². The molecule has 0 atom stereocenters. The molecule has 4 rings (SSSR count). The quantitative estimate of drug-likeness (QED) is 0.533. The fraction of sp³-hybridized carbons (Fsp3) is 0.318. The van der Waals surface area contributed by atoms with Crippen LogP contribution in [0.2, 0.25) is 0 Å². The normalized spacial score (nSPS) is 14.8. The van der Waals surface area contributed by atoms with Crippen LogP contribution in [0.5, 0.6) is 0 Å². The summed E-state index contributed by atoms with van der Waals surface area (Å²) in [6.07, 6.45) is 5.43. The van der Waals surface area contributed by atoms with Crippen LogP contribution in [0.4, 0.5) is 10.1 Å². The average Bonchev–Trinajstić information content (AvgIpc) is 2.74. The molecule has 0 spiro atoms. The predicted molar refractivity (Wildman–Crippen MR) is 119 cm³/mol. The molecule has 2 heterocycles. The molecule has 0 radical (unpaired) electrons. The van der Waals surface area contributed by atoms with Gasteiger partial charge in [-0.3, -0.25) is 4.79 Å². The molecule has 29 heavy (non-hydrogen) atoms. The summed E-state index contributed by atoms with van der Waals surface area (Å²) < 4.78 is 16.7. The fourth-order valence-corrected chi connectivity index (χ4v) is 3.99. The van der Waals surface area contributed by atoms with E-state index in [1.54, 1.807) is 24.3 Å². The van der Waals surface area contributed by atoms with Crippen LogP contribution in [0.3, 0.4) is 0 Å². The first-order chi connectivity index (χ1) is 14.1. The molecule has 0 unspecified atom stereocenters. The Kier molecular flexibility index (Phi) is 5.76. The van der Waals surface area contributed by atoms with Crippen molar-refractivity contribution in [1.29, 1.82) is 0 Å². The van der Waals surface area contributed by atoms with E-state index in [1.165, 1.54) is 17.3 Å². The van der Waals surface area contributed by atoms with Crippen molar-refractivity contribution in [2.75, 3.05) is 18.0 Å². The Balaban J connectivity index is 1.69. The van der Waals surface area contributed by atoms with E-state index in [4.69, 9.17) is 0 Å². The summed E-state index contributed by atoms with van der Waals surface area (Å²) in [5.74, 6) is 0.186. The van der Waals surface area contributed by atoms with Crippen molar-refractivity contribution < 1.29 is 4.39 Å². The van der Waals surface area contributed by atoms with Gasteiger partial charge in [-0.2, -0.15) is 9.78 Å². The zero-order valence-electron chi connectivity index (χ0n) is 16.2. The summed E-state index contributed by atoms with van der Waals surface area (Å²) in [5, 5.41) is 4.74. The van der Waals surface area contributed by atoms with Gasteiger partial charge >= 0.3 is 0 Å². The van der Waals surface area contributed by atoms with E-state index >= 15 is 0 Å². The Morgan fingerprint density at radius 2 is 1.97 bits per heavy atom. The Morgan fingerprint density at radius 1 is 1.17 bits per heavy atom. The zero-order valence-corrected chi connectivity index (χ0v) is 17.8. The Hall–Kier alpha value is -2.54. The van der Waals surface area contributed by atoms with E-state index in [0.29, 0.717) is 28.7 Å². The summed E-state index contributed by atoms with van der Waals surface area (Å²) in [4.78, 5) is 19.7. The first kappa shape index (κ1) is 19.8. The first-order valence-corrected chi connectivity index (χ1v) is 10.7. The molecular formula is C22H22BrFN4O. The standard InChI is InChI=1S/C22H22BrFN4O/c1-2-21-26-20-9-7-16(23)12-18(20)22(29)28(21)25-14-15-6-8-17(13-19(15)24)27-10-4-3-5-11-27/h6-9,12-14H,2-5,10-11H2,1H3. The Labute approximate surface area is 177 Å². The third-order valence-corrected chi connectivity index (χ3v) is 5.70. The summed E-state index contributed by atoms with van der Waals surface area (Å²) in [7, 11) is 0. The highest BCUT2D eigenvalue weighted by Crippen LogP contribution is 2.22. The Bertz CT molecular complexity index is 1140. The van der Waals surface area contributed by atoms with Crippen molar-refractivity contribution in [2.24, 2.45) is 5.10 Å². The molecular weight excluding hydrogens is 435 g/mol. The zero-order chi connectivity index (χ0) is 20.4. The lowest BCUT2D eigenvalue weighted by atomic mass is 10.1. The van der Waals surface area contributed by atoms with Gasteiger partial charge in [-0.15, -0.1) is 0 Å². The van der Waals surface area contributed by atoms with Gasteiger partial charge in [0.1, 0.15) is 11.6 Å². The number of aromatic nitrogens is 2. The van der Waals surface area contributed by atoms with E-state index in [-0.39, 0.29) is 11.4 Å². The van der Waals surface area contributed by atoms with E-state index in [2.05, 4.69) is 30.9 Å². The molecule has 1 aromatic heterocycles. The second-order valence-electron chi connectivity index (χ2n) is 7.16. The molecule has 0 aliphatic carbocycles. The lowest BCUT2D eigenvalue weighted by Gasteiger charge is -2.28. The average molecular weight is 457 g/mol. The van der Waals surface area contributed by atoms with E-state index < -0.39 is 0 Å². The van der Waals surface area contributed by atoms with E-state index in [1.807, 2.05) is 19.1 Å². The van der Waals surface area contributed by atoms with Crippen molar-refractivity contribution in [3.8, 4) is 0 Å². The van der Waals surface area contributed by atoms with Crippen LogP contribution < -0.4 is 10.5 Å². The van der Waals surface area contributed by atoms with Crippen LogP contribution >= 0.6 is 15.9 Å². The highest BCUT2D eigenvalue weighted by atomic mass is 79.9. The van der Waals surface area contributed by atoms with E-state index in [9.17, 15) is 9.18 Å². The number of hydrogen-bond acceptors (Lipinski definition) is 4. The van der Waals surface area contributed by atoms with Gasteiger partial charge in [0.05, 0.1) is 17.1 Å². The topological polar surface area (TPSA) is 50.5 Å². The summed E-state index contributed by atoms with van der Waals surface area (Å²) in [6.45, 7) is 3.83. The number of nitrogens with zero attached hydrogens (tertiary/aromatic N) is 4. The largest absolute Gasteiger partial charge is 0.371 e. The molecule has 3 aromatic rings. The number of anilines is 1. The van der Waals surface area contributed by atoms with Crippen molar-refractivity contribution in [3.05, 3.63) is 68.4 Å². The fourth-order valence-electron chi connectivity index (χ4n) is 3.63. The second kappa shape index (κ2) is 8.45. The predicted octanol–water partition coefficient (Wildman–Crippen LogP) is 4.73. The van der Waals surface area contributed by atoms with Crippen molar-refractivity contribution in [2.45, 2.75) is 32.6 Å². The minimum Gasteiger partial charge on any atom is -0.371 e.